The Morgan fingerprint density at radius 2 is 1.76 bits per heavy atom. The first-order valence-corrected chi connectivity index (χ1v) is 9.90. The molecule has 134 valence electrons. The number of nitrogens with zero attached hydrogens (tertiary/aromatic N) is 1. The molecule has 6 heteroatoms. The van der Waals surface area contributed by atoms with Crippen molar-refractivity contribution >= 4 is 27.7 Å². The van der Waals surface area contributed by atoms with Crippen LogP contribution in [0, 0.1) is 0 Å². The minimum absolute atomic E-state index is 0.164. The third-order valence-corrected chi connectivity index (χ3v) is 6.09. The first-order chi connectivity index (χ1) is 12.0. The summed E-state index contributed by atoms with van der Waals surface area (Å²) in [7, 11) is -3.73. The van der Waals surface area contributed by atoms with Gasteiger partial charge < -0.3 is 5.11 Å². The van der Waals surface area contributed by atoms with Gasteiger partial charge in [-0.2, -0.15) is 4.31 Å². The van der Waals surface area contributed by atoms with E-state index >= 15 is 0 Å². The molecular weight excluding hydrogens is 358 g/mol. The van der Waals surface area contributed by atoms with E-state index in [0.717, 1.165) is 5.56 Å². The maximum Gasteiger partial charge on any atom is 0.243 e. The molecule has 0 spiro atoms. The van der Waals surface area contributed by atoms with Gasteiger partial charge in [-0.25, -0.2) is 8.42 Å². The number of halogens is 1. The van der Waals surface area contributed by atoms with Crippen LogP contribution in [-0.2, 0) is 10.0 Å². The van der Waals surface area contributed by atoms with E-state index < -0.39 is 16.1 Å². The van der Waals surface area contributed by atoms with Gasteiger partial charge in [0.15, 0.2) is 0 Å². The van der Waals surface area contributed by atoms with E-state index in [9.17, 15) is 13.5 Å². The number of aliphatic hydroxyl groups excluding tert-OH is 1. The van der Waals surface area contributed by atoms with Crippen molar-refractivity contribution in [3.8, 4) is 0 Å². The molecule has 2 aromatic rings. The molecule has 0 saturated heterocycles. The molecule has 2 aromatic carbocycles. The third kappa shape index (κ3) is 5.16. The molecule has 0 aliphatic carbocycles. The highest BCUT2D eigenvalue weighted by Gasteiger charge is 2.29. The Morgan fingerprint density at radius 3 is 2.32 bits per heavy atom. The van der Waals surface area contributed by atoms with Crippen molar-refractivity contribution in [3.05, 3.63) is 71.3 Å². The summed E-state index contributed by atoms with van der Waals surface area (Å²) in [4.78, 5) is 0.164. The van der Waals surface area contributed by atoms with Crippen molar-refractivity contribution in [2.75, 3.05) is 13.2 Å². The van der Waals surface area contributed by atoms with E-state index in [-0.39, 0.29) is 18.0 Å². The van der Waals surface area contributed by atoms with Gasteiger partial charge in [-0.3, -0.25) is 0 Å². The lowest BCUT2D eigenvalue weighted by molar-refractivity contribution is 0.190. The summed E-state index contributed by atoms with van der Waals surface area (Å²) in [5.74, 6) is 0. The van der Waals surface area contributed by atoms with Crippen LogP contribution in [0.5, 0.6) is 0 Å². The molecule has 0 radical (unpaired) electrons. The molecule has 1 unspecified atom stereocenters. The van der Waals surface area contributed by atoms with E-state index in [2.05, 4.69) is 0 Å². The Labute approximate surface area is 154 Å². The number of hydrogen-bond acceptors (Lipinski definition) is 3. The van der Waals surface area contributed by atoms with Crippen molar-refractivity contribution in [3.63, 3.8) is 0 Å². The second-order valence-electron chi connectivity index (χ2n) is 5.59. The molecule has 0 bridgehead atoms. The van der Waals surface area contributed by atoms with E-state index in [1.807, 2.05) is 43.3 Å². The monoisotopic (exact) mass is 379 g/mol. The maximum atomic E-state index is 13.0. The van der Waals surface area contributed by atoms with Gasteiger partial charge in [0.2, 0.25) is 10.0 Å². The molecule has 0 fully saturated rings. The minimum atomic E-state index is -3.73. The first kappa shape index (κ1) is 19.7. The normalized spacial score (nSPS) is 13.4. The summed E-state index contributed by atoms with van der Waals surface area (Å²) in [6.45, 7) is 1.80. The number of rotatable bonds is 8. The predicted octanol–water partition coefficient (Wildman–Crippen LogP) is 3.82. The van der Waals surface area contributed by atoms with Gasteiger partial charge in [-0.1, -0.05) is 61.0 Å². The average Bonchev–Trinajstić information content (AvgIpc) is 2.62. The molecule has 0 aliphatic heterocycles. The van der Waals surface area contributed by atoms with Crippen molar-refractivity contribution < 1.29 is 13.5 Å². The topological polar surface area (TPSA) is 57.6 Å². The van der Waals surface area contributed by atoms with Crippen LogP contribution in [0.2, 0.25) is 5.02 Å². The standard InChI is InChI=1S/C19H22ClNO3S/c1-2-18(15-22)21(14-6-9-16-7-4-3-5-8-16)25(23,24)19-12-10-17(20)11-13-19/h3-13,18,22H,2,14-15H2,1H3. The Balaban J connectivity index is 2.29. The van der Waals surface area contributed by atoms with Crippen LogP contribution in [-0.4, -0.2) is 37.0 Å². The molecule has 25 heavy (non-hydrogen) atoms. The highest BCUT2D eigenvalue weighted by molar-refractivity contribution is 7.89. The molecule has 0 heterocycles. The fourth-order valence-corrected chi connectivity index (χ4v) is 4.23. The molecule has 2 rings (SSSR count). The number of aliphatic hydroxyl groups is 1. The largest absolute Gasteiger partial charge is 0.395 e. The van der Waals surface area contributed by atoms with Gasteiger partial charge in [0, 0.05) is 17.6 Å². The lowest BCUT2D eigenvalue weighted by Gasteiger charge is -2.28. The number of hydrogen-bond donors (Lipinski definition) is 1. The van der Waals surface area contributed by atoms with Gasteiger partial charge in [0.05, 0.1) is 11.5 Å². The van der Waals surface area contributed by atoms with Crippen LogP contribution in [0.1, 0.15) is 18.9 Å². The Hall–Kier alpha value is -1.66. The molecule has 0 aliphatic rings. The summed E-state index contributed by atoms with van der Waals surface area (Å²) in [5, 5.41) is 10.1. The summed E-state index contributed by atoms with van der Waals surface area (Å²) in [6.07, 6.45) is 4.18. The smallest absolute Gasteiger partial charge is 0.243 e. The number of sulfonamides is 1. The van der Waals surface area contributed by atoms with Crippen molar-refractivity contribution in [2.24, 2.45) is 0 Å². The number of benzene rings is 2. The van der Waals surface area contributed by atoms with Crippen LogP contribution in [0.15, 0.2) is 65.6 Å². The zero-order chi connectivity index (χ0) is 18.3. The molecule has 1 atom stereocenters. The Bertz CT molecular complexity index is 785. The molecular formula is C19H22ClNO3S. The average molecular weight is 380 g/mol. The molecule has 0 aromatic heterocycles. The zero-order valence-electron chi connectivity index (χ0n) is 14.0. The van der Waals surface area contributed by atoms with E-state index in [4.69, 9.17) is 11.6 Å². The second kappa shape index (κ2) is 9.15. The predicted molar refractivity (Wildman–Crippen MR) is 102 cm³/mol. The van der Waals surface area contributed by atoms with Gasteiger partial charge in [0.25, 0.3) is 0 Å². The fraction of sp³-hybridized carbons (Fsp3) is 0.263. The van der Waals surface area contributed by atoms with E-state index in [0.29, 0.717) is 11.4 Å². The molecule has 4 nitrogen and oxygen atoms in total. The third-order valence-electron chi connectivity index (χ3n) is 3.90. The summed E-state index contributed by atoms with van der Waals surface area (Å²) in [6, 6.07) is 15.2. The lowest BCUT2D eigenvalue weighted by atomic mass is 10.2. The quantitative estimate of drug-likeness (QED) is 0.758. The van der Waals surface area contributed by atoms with Crippen LogP contribution in [0.25, 0.3) is 6.08 Å². The molecule has 0 saturated carbocycles. The van der Waals surface area contributed by atoms with Crippen LogP contribution >= 0.6 is 11.6 Å². The van der Waals surface area contributed by atoms with Crippen molar-refractivity contribution in [1.29, 1.82) is 0 Å². The maximum absolute atomic E-state index is 13.0. The highest BCUT2D eigenvalue weighted by atomic mass is 35.5. The minimum Gasteiger partial charge on any atom is -0.395 e. The van der Waals surface area contributed by atoms with E-state index in [1.54, 1.807) is 18.2 Å². The summed E-state index contributed by atoms with van der Waals surface area (Å²) in [5.41, 5.74) is 0.989. The van der Waals surface area contributed by atoms with Gasteiger partial charge in [-0.05, 0) is 36.2 Å². The fourth-order valence-electron chi connectivity index (χ4n) is 2.47. The highest BCUT2D eigenvalue weighted by Crippen LogP contribution is 2.21. The summed E-state index contributed by atoms with van der Waals surface area (Å²) < 4.78 is 27.3. The van der Waals surface area contributed by atoms with Crippen LogP contribution in [0.4, 0.5) is 0 Å². The lowest BCUT2D eigenvalue weighted by Crippen LogP contribution is -2.42. The van der Waals surface area contributed by atoms with Gasteiger partial charge in [-0.15, -0.1) is 0 Å². The van der Waals surface area contributed by atoms with Gasteiger partial charge in [0.1, 0.15) is 0 Å². The molecule has 0 amide bonds. The first-order valence-electron chi connectivity index (χ1n) is 8.09. The Kier molecular flexibility index (Phi) is 7.20. The van der Waals surface area contributed by atoms with Gasteiger partial charge >= 0.3 is 0 Å². The van der Waals surface area contributed by atoms with Crippen molar-refractivity contribution in [2.45, 2.75) is 24.3 Å². The zero-order valence-corrected chi connectivity index (χ0v) is 15.6. The van der Waals surface area contributed by atoms with E-state index in [1.165, 1.54) is 16.4 Å². The Morgan fingerprint density at radius 1 is 1.12 bits per heavy atom. The van der Waals surface area contributed by atoms with Crippen LogP contribution in [0.3, 0.4) is 0 Å². The summed E-state index contributed by atoms with van der Waals surface area (Å²) >= 11 is 5.85. The molecule has 1 N–H and O–H groups in total. The van der Waals surface area contributed by atoms with Crippen LogP contribution < -0.4 is 0 Å². The second-order valence-corrected chi connectivity index (χ2v) is 7.91. The van der Waals surface area contributed by atoms with Crippen molar-refractivity contribution in [1.82, 2.24) is 4.31 Å². The SMILES string of the molecule is CCC(CO)N(CC=Cc1ccccc1)S(=O)(=O)c1ccc(Cl)cc1.